The number of nitrogens with one attached hydrogen (secondary N) is 2. The predicted octanol–water partition coefficient (Wildman–Crippen LogP) is 2.10. The zero-order valence-corrected chi connectivity index (χ0v) is 10.9. The minimum atomic E-state index is -4.38. The van der Waals surface area contributed by atoms with Crippen molar-refractivity contribution in [1.82, 2.24) is 15.3 Å². The third kappa shape index (κ3) is 2.69. The van der Waals surface area contributed by atoms with Crippen LogP contribution in [0.1, 0.15) is 16.8 Å². The molecule has 2 N–H and O–H groups in total. The summed E-state index contributed by atoms with van der Waals surface area (Å²) in [7, 11) is 0. The van der Waals surface area contributed by atoms with Gasteiger partial charge in [-0.3, -0.25) is 4.79 Å². The van der Waals surface area contributed by atoms with E-state index in [1.54, 1.807) is 0 Å². The highest BCUT2D eigenvalue weighted by atomic mass is 19.4. The van der Waals surface area contributed by atoms with Crippen LogP contribution in [-0.2, 0) is 19.1 Å². The smallest absolute Gasteiger partial charge is 0.311 e. The lowest BCUT2D eigenvalue weighted by Gasteiger charge is -2.16. The Morgan fingerprint density at radius 1 is 1.14 bits per heavy atom. The minimum Gasteiger partial charge on any atom is -0.311 e. The van der Waals surface area contributed by atoms with Gasteiger partial charge in [0.1, 0.15) is 5.82 Å². The molecule has 1 aromatic carbocycles. The summed E-state index contributed by atoms with van der Waals surface area (Å²) in [6.45, 7) is 1.21. The van der Waals surface area contributed by atoms with Crippen LogP contribution in [0.25, 0.3) is 11.4 Å². The molecule has 21 heavy (non-hydrogen) atoms. The third-order valence-corrected chi connectivity index (χ3v) is 3.43. The first-order valence-electron chi connectivity index (χ1n) is 6.45. The number of alkyl halides is 3. The molecule has 110 valence electrons. The van der Waals surface area contributed by atoms with Crippen LogP contribution < -0.4 is 10.9 Å². The van der Waals surface area contributed by atoms with Gasteiger partial charge in [0.25, 0.3) is 5.56 Å². The highest BCUT2D eigenvalue weighted by Gasteiger charge is 2.30. The second-order valence-corrected chi connectivity index (χ2v) is 4.84. The van der Waals surface area contributed by atoms with E-state index in [1.807, 2.05) is 0 Å². The van der Waals surface area contributed by atoms with Gasteiger partial charge in [-0.2, -0.15) is 13.2 Å². The van der Waals surface area contributed by atoms with Crippen LogP contribution in [-0.4, -0.2) is 16.5 Å². The second-order valence-electron chi connectivity index (χ2n) is 4.84. The highest BCUT2D eigenvalue weighted by Crippen LogP contribution is 2.30. The first-order valence-corrected chi connectivity index (χ1v) is 6.45. The molecule has 4 nitrogen and oxygen atoms in total. The Labute approximate surface area is 118 Å². The molecule has 0 amide bonds. The molecule has 0 saturated carbocycles. The monoisotopic (exact) mass is 295 g/mol. The summed E-state index contributed by atoms with van der Waals surface area (Å²) in [4.78, 5) is 19.0. The zero-order valence-electron chi connectivity index (χ0n) is 10.9. The van der Waals surface area contributed by atoms with E-state index in [-0.39, 0.29) is 11.4 Å². The quantitative estimate of drug-likeness (QED) is 0.847. The van der Waals surface area contributed by atoms with E-state index < -0.39 is 11.7 Å². The van der Waals surface area contributed by atoms with E-state index in [1.165, 1.54) is 12.1 Å². The molecule has 7 heteroatoms. The van der Waals surface area contributed by atoms with Crippen LogP contribution in [0.2, 0.25) is 0 Å². The van der Waals surface area contributed by atoms with Crippen molar-refractivity contribution in [1.29, 1.82) is 0 Å². The molecule has 0 radical (unpaired) electrons. The van der Waals surface area contributed by atoms with Crippen molar-refractivity contribution in [3.63, 3.8) is 0 Å². The van der Waals surface area contributed by atoms with Gasteiger partial charge in [-0.05, 0) is 25.1 Å². The van der Waals surface area contributed by atoms with Crippen LogP contribution in [0.3, 0.4) is 0 Å². The number of aromatic nitrogens is 2. The van der Waals surface area contributed by atoms with E-state index in [4.69, 9.17) is 0 Å². The van der Waals surface area contributed by atoms with Crippen LogP contribution in [0.5, 0.6) is 0 Å². The predicted molar refractivity (Wildman–Crippen MR) is 70.7 cm³/mol. The Kier molecular flexibility index (Phi) is 3.29. The summed E-state index contributed by atoms with van der Waals surface area (Å²) in [6, 6.07) is 4.58. The zero-order chi connectivity index (χ0) is 15.0. The Bertz CT molecular complexity index is 720. The van der Waals surface area contributed by atoms with Crippen LogP contribution in [0.4, 0.5) is 13.2 Å². The van der Waals surface area contributed by atoms with E-state index in [9.17, 15) is 18.0 Å². The average Bonchev–Trinajstić information content (AvgIpc) is 2.46. The fourth-order valence-corrected chi connectivity index (χ4v) is 2.32. The largest absolute Gasteiger partial charge is 0.416 e. The fourth-order valence-electron chi connectivity index (χ4n) is 2.32. The maximum Gasteiger partial charge on any atom is 0.416 e. The lowest BCUT2D eigenvalue weighted by molar-refractivity contribution is -0.137. The molecule has 0 fully saturated rings. The number of fused-ring (bicyclic) bond motifs is 1. The van der Waals surface area contributed by atoms with E-state index in [0.29, 0.717) is 29.8 Å². The van der Waals surface area contributed by atoms with Gasteiger partial charge in [-0.1, -0.05) is 12.1 Å². The molecular formula is C14H12F3N3O. The molecule has 0 unspecified atom stereocenters. The number of halogens is 3. The van der Waals surface area contributed by atoms with Crippen molar-refractivity contribution in [3.05, 3.63) is 51.4 Å². The van der Waals surface area contributed by atoms with Gasteiger partial charge in [0, 0.05) is 17.7 Å². The summed E-state index contributed by atoms with van der Waals surface area (Å²) in [5.41, 5.74) is 0.794. The molecule has 0 bridgehead atoms. The third-order valence-electron chi connectivity index (χ3n) is 3.43. The van der Waals surface area contributed by atoms with Crippen molar-refractivity contribution < 1.29 is 13.2 Å². The van der Waals surface area contributed by atoms with Crippen LogP contribution >= 0.6 is 0 Å². The van der Waals surface area contributed by atoms with Gasteiger partial charge in [-0.15, -0.1) is 0 Å². The van der Waals surface area contributed by atoms with Crippen molar-refractivity contribution in [3.8, 4) is 11.4 Å². The summed E-state index contributed by atoms with van der Waals surface area (Å²) in [5.74, 6) is 0.288. The fraction of sp³-hybridized carbons (Fsp3) is 0.286. The minimum absolute atomic E-state index is 0.226. The Hall–Kier alpha value is -2.15. The average molecular weight is 295 g/mol. The lowest BCUT2D eigenvalue weighted by atomic mass is 10.1. The van der Waals surface area contributed by atoms with Gasteiger partial charge in [0.05, 0.1) is 11.3 Å². The molecule has 0 atom stereocenters. The van der Waals surface area contributed by atoms with Gasteiger partial charge < -0.3 is 10.3 Å². The molecule has 0 spiro atoms. The van der Waals surface area contributed by atoms with Crippen LogP contribution in [0.15, 0.2) is 29.1 Å². The topological polar surface area (TPSA) is 57.8 Å². The van der Waals surface area contributed by atoms with Crippen molar-refractivity contribution in [2.75, 3.05) is 6.54 Å². The number of H-pyrrole nitrogens is 1. The number of hydrogen-bond donors (Lipinski definition) is 2. The van der Waals surface area contributed by atoms with Gasteiger partial charge >= 0.3 is 6.18 Å². The summed E-state index contributed by atoms with van der Waals surface area (Å²) >= 11 is 0. The van der Waals surface area contributed by atoms with Gasteiger partial charge in [0.15, 0.2) is 0 Å². The normalized spacial score (nSPS) is 14.8. The van der Waals surface area contributed by atoms with Crippen LogP contribution in [0, 0.1) is 0 Å². The Morgan fingerprint density at radius 3 is 2.52 bits per heavy atom. The molecule has 2 heterocycles. The number of rotatable bonds is 1. The number of aromatic amines is 1. The number of hydrogen-bond acceptors (Lipinski definition) is 3. The Morgan fingerprint density at radius 2 is 1.86 bits per heavy atom. The lowest BCUT2D eigenvalue weighted by Crippen LogP contribution is -2.31. The maximum atomic E-state index is 12.5. The van der Waals surface area contributed by atoms with Crippen molar-refractivity contribution in [2.45, 2.75) is 19.1 Å². The molecular weight excluding hydrogens is 283 g/mol. The second kappa shape index (κ2) is 5.00. The highest BCUT2D eigenvalue weighted by molar-refractivity contribution is 5.56. The van der Waals surface area contributed by atoms with E-state index >= 15 is 0 Å². The molecule has 1 aliphatic heterocycles. The number of benzene rings is 1. The summed E-state index contributed by atoms with van der Waals surface area (Å²) in [5, 5.41) is 3.11. The summed E-state index contributed by atoms with van der Waals surface area (Å²) in [6.07, 6.45) is -3.77. The molecule has 0 aliphatic carbocycles. The van der Waals surface area contributed by atoms with Crippen molar-refractivity contribution >= 4 is 0 Å². The molecule has 1 aromatic heterocycles. The van der Waals surface area contributed by atoms with E-state index in [0.717, 1.165) is 18.7 Å². The standard InChI is InChI=1S/C14H12F3N3O/c15-14(16,17)9-3-1-8(2-4-9)12-19-11-7-18-6-5-10(11)13(21)20-12/h1-4,18H,5-7H2,(H,19,20,21). The first-order chi connectivity index (χ1) is 9.95. The first kappa shape index (κ1) is 13.8. The number of nitrogens with zero attached hydrogens (tertiary/aromatic N) is 1. The summed E-state index contributed by atoms with van der Waals surface area (Å²) < 4.78 is 37.6. The molecule has 0 saturated heterocycles. The van der Waals surface area contributed by atoms with Gasteiger partial charge in [0.2, 0.25) is 0 Å². The SMILES string of the molecule is O=c1[nH]c(-c2ccc(C(F)(F)F)cc2)nc2c1CCNC2. The molecule has 2 aromatic rings. The Balaban J connectivity index is 2.01. The molecule has 3 rings (SSSR count). The van der Waals surface area contributed by atoms with Crippen molar-refractivity contribution in [2.24, 2.45) is 0 Å². The maximum absolute atomic E-state index is 12.5. The van der Waals surface area contributed by atoms with Gasteiger partial charge in [-0.25, -0.2) is 4.98 Å². The molecule has 1 aliphatic rings. The van der Waals surface area contributed by atoms with E-state index in [2.05, 4.69) is 15.3 Å².